The summed E-state index contributed by atoms with van der Waals surface area (Å²) in [4.78, 5) is 0.574. The number of halogens is 1. The molecule has 112 valence electrons. The smallest absolute Gasteiger partial charge is 0.247 e. The molecule has 0 saturated heterocycles. The summed E-state index contributed by atoms with van der Waals surface area (Å²) in [5.74, 6) is 0.738. The topological polar surface area (TPSA) is 38.9 Å². The third-order valence-corrected chi connectivity index (χ3v) is 4.33. The van der Waals surface area contributed by atoms with Crippen LogP contribution in [0.15, 0.2) is 57.8 Å². The van der Waals surface area contributed by atoms with E-state index in [2.05, 4.69) is 10.2 Å². The van der Waals surface area contributed by atoms with E-state index in [1.165, 1.54) is 17.8 Å². The highest BCUT2D eigenvalue weighted by Gasteiger charge is 2.17. The van der Waals surface area contributed by atoms with Crippen LogP contribution in [0, 0.1) is 12.7 Å². The number of benzene rings is 2. The predicted molar refractivity (Wildman–Crippen MR) is 85.1 cm³/mol. The molecule has 0 aliphatic rings. The number of hydrogen-bond donors (Lipinski definition) is 0. The fourth-order valence-electron chi connectivity index (χ4n) is 2.07. The van der Waals surface area contributed by atoms with Crippen molar-refractivity contribution in [3.63, 3.8) is 0 Å². The summed E-state index contributed by atoms with van der Waals surface area (Å²) >= 11 is 1.36. The third-order valence-electron chi connectivity index (χ3n) is 3.19. The van der Waals surface area contributed by atoms with Crippen molar-refractivity contribution in [3.8, 4) is 11.5 Å². The number of rotatable bonds is 4. The Labute approximate surface area is 132 Å². The van der Waals surface area contributed by atoms with Crippen molar-refractivity contribution >= 4 is 11.8 Å². The summed E-state index contributed by atoms with van der Waals surface area (Å²) < 4.78 is 19.4. The van der Waals surface area contributed by atoms with Gasteiger partial charge in [0.05, 0.1) is 5.25 Å². The van der Waals surface area contributed by atoms with Crippen molar-refractivity contribution in [3.05, 3.63) is 65.8 Å². The van der Waals surface area contributed by atoms with Crippen molar-refractivity contribution in [2.75, 3.05) is 0 Å². The molecular weight excluding hydrogens is 299 g/mol. The molecule has 1 atom stereocenters. The Morgan fingerprint density at radius 2 is 1.91 bits per heavy atom. The minimum Gasteiger partial charge on any atom is -0.419 e. The highest BCUT2D eigenvalue weighted by molar-refractivity contribution is 7.99. The van der Waals surface area contributed by atoms with Gasteiger partial charge >= 0.3 is 0 Å². The van der Waals surface area contributed by atoms with Crippen LogP contribution >= 0.6 is 11.8 Å². The zero-order valence-electron chi connectivity index (χ0n) is 12.3. The Morgan fingerprint density at radius 3 is 2.68 bits per heavy atom. The minimum absolute atomic E-state index is 0.122. The molecule has 0 aliphatic heterocycles. The van der Waals surface area contributed by atoms with Crippen LogP contribution in [0.5, 0.6) is 0 Å². The molecule has 0 spiro atoms. The highest BCUT2D eigenvalue weighted by Crippen LogP contribution is 2.36. The van der Waals surface area contributed by atoms with Gasteiger partial charge in [-0.15, -0.1) is 22.0 Å². The number of aryl methyl sites for hydroxylation is 1. The lowest BCUT2D eigenvalue weighted by atomic mass is 10.1. The lowest BCUT2D eigenvalue weighted by Crippen LogP contribution is -1.90. The Balaban J connectivity index is 1.80. The maximum Gasteiger partial charge on any atom is 0.247 e. The SMILES string of the molecule is Cc1cccc(-c2nnc([C@H](C)Sc3ccccc3F)o2)c1. The lowest BCUT2D eigenvalue weighted by molar-refractivity contribution is 0.509. The molecule has 22 heavy (non-hydrogen) atoms. The molecule has 1 aromatic heterocycles. The van der Waals surface area contributed by atoms with Crippen LogP contribution in [-0.2, 0) is 0 Å². The van der Waals surface area contributed by atoms with Crippen LogP contribution in [0.25, 0.3) is 11.5 Å². The van der Waals surface area contributed by atoms with E-state index in [1.54, 1.807) is 12.1 Å². The number of nitrogens with zero attached hydrogens (tertiary/aromatic N) is 2. The van der Waals surface area contributed by atoms with Crippen molar-refractivity contribution in [1.29, 1.82) is 0 Å². The fraction of sp³-hybridized carbons (Fsp3) is 0.176. The van der Waals surface area contributed by atoms with Crippen molar-refractivity contribution in [2.24, 2.45) is 0 Å². The monoisotopic (exact) mass is 314 g/mol. The number of thioether (sulfide) groups is 1. The van der Waals surface area contributed by atoms with Crippen LogP contribution in [0.3, 0.4) is 0 Å². The normalized spacial score (nSPS) is 12.3. The molecule has 3 aromatic rings. The zero-order chi connectivity index (χ0) is 15.5. The number of aromatic nitrogens is 2. The first-order chi connectivity index (χ1) is 10.6. The first-order valence-corrected chi connectivity index (χ1v) is 7.83. The fourth-order valence-corrected chi connectivity index (χ4v) is 2.99. The van der Waals surface area contributed by atoms with Gasteiger partial charge in [-0.2, -0.15) is 0 Å². The van der Waals surface area contributed by atoms with E-state index in [0.717, 1.165) is 11.1 Å². The molecule has 0 bridgehead atoms. The van der Waals surface area contributed by atoms with Crippen molar-refractivity contribution < 1.29 is 8.81 Å². The summed E-state index contributed by atoms with van der Waals surface area (Å²) in [6, 6.07) is 14.6. The highest BCUT2D eigenvalue weighted by atomic mass is 32.2. The molecule has 3 nitrogen and oxygen atoms in total. The lowest BCUT2D eigenvalue weighted by Gasteiger charge is -2.07. The van der Waals surface area contributed by atoms with Gasteiger partial charge in [-0.3, -0.25) is 0 Å². The average Bonchev–Trinajstić information content (AvgIpc) is 2.99. The summed E-state index contributed by atoms with van der Waals surface area (Å²) in [7, 11) is 0. The van der Waals surface area contributed by atoms with Gasteiger partial charge in [0.2, 0.25) is 11.8 Å². The number of hydrogen-bond acceptors (Lipinski definition) is 4. The van der Waals surface area contributed by atoms with E-state index in [1.807, 2.05) is 44.2 Å². The van der Waals surface area contributed by atoms with E-state index in [0.29, 0.717) is 16.7 Å². The zero-order valence-corrected chi connectivity index (χ0v) is 13.1. The summed E-state index contributed by atoms with van der Waals surface area (Å²) in [5, 5.41) is 8.05. The largest absolute Gasteiger partial charge is 0.419 e. The molecule has 3 rings (SSSR count). The molecule has 1 heterocycles. The maximum absolute atomic E-state index is 13.7. The van der Waals surface area contributed by atoms with Crippen molar-refractivity contribution in [1.82, 2.24) is 10.2 Å². The van der Waals surface area contributed by atoms with Crippen LogP contribution in [-0.4, -0.2) is 10.2 Å². The second-order valence-corrected chi connectivity index (χ2v) is 6.39. The standard InChI is InChI=1S/C17H15FN2OS/c1-11-6-5-7-13(10-11)17-20-19-16(21-17)12(2)22-15-9-4-3-8-14(15)18/h3-10,12H,1-2H3/t12-/m0/s1. The van der Waals surface area contributed by atoms with Gasteiger partial charge in [0.15, 0.2) is 0 Å². The molecule has 2 aromatic carbocycles. The van der Waals surface area contributed by atoms with Crippen LogP contribution in [0.2, 0.25) is 0 Å². The molecule has 0 saturated carbocycles. The van der Waals surface area contributed by atoms with Gasteiger partial charge in [-0.05, 0) is 38.1 Å². The predicted octanol–water partition coefficient (Wildman–Crippen LogP) is 5.04. The van der Waals surface area contributed by atoms with E-state index in [4.69, 9.17) is 4.42 Å². The van der Waals surface area contributed by atoms with E-state index in [-0.39, 0.29) is 11.1 Å². The van der Waals surface area contributed by atoms with Gasteiger partial charge in [0, 0.05) is 10.5 Å². The Morgan fingerprint density at radius 1 is 1.09 bits per heavy atom. The third kappa shape index (κ3) is 3.20. The Hall–Kier alpha value is -2.14. The quantitative estimate of drug-likeness (QED) is 0.633. The average molecular weight is 314 g/mol. The van der Waals surface area contributed by atoms with Crippen LogP contribution in [0.1, 0.15) is 23.6 Å². The van der Waals surface area contributed by atoms with Gasteiger partial charge in [0.25, 0.3) is 0 Å². The first-order valence-electron chi connectivity index (χ1n) is 6.95. The molecule has 0 amide bonds. The van der Waals surface area contributed by atoms with Gasteiger partial charge in [0.1, 0.15) is 5.82 Å². The molecule has 5 heteroatoms. The minimum atomic E-state index is -0.238. The maximum atomic E-state index is 13.7. The van der Waals surface area contributed by atoms with Gasteiger partial charge < -0.3 is 4.42 Å². The van der Waals surface area contributed by atoms with Crippen LogP contribution in [0.4, 0.5) is 4.39 Å². The van der Waals surface area contributed by atoms with E-state index < -0.39 is 0 Å². The van der Waals surface area contributed by atoms with Gasteiger partial charge in [-0.25, -0.2) is 4.39 Å². The molecule has 0 aliphatic carbocycles. The summed E-state index contributed by atoms with van der Waals surface area (Å²) in [5.41, 5.74) is 2.02. The molecule has 0 fully saturated rings. The Bertz CT molecular complexity index is 788. The first kappa shape index (κ1) is 14.8. The second kappa shape index (κ2) is 6.32. The second-order valence-electron chi connectivity index (χ2n) is 5.01. The summed E-state index contributed by atoms with van der Waals surface area (Å²) in [6.45, 7) is 3.93. The Kier molecular flexibility index (Phi) is 4.24. The van der Waals surface area contributed by atoms with Crippen LogP contribution < -0.4 is 0 Å². The van der Waals surface area contributed by atoms with E-state index in [9.17, 15) is 4.39 Å². The molecular formula is C17H15FN2OS. The van der Waals surface area contributed by atoms with Gasteiger partial charge in [-0.1, -0.05) is 29.8 Å². The summed E-state index contributed by atoms with van der Waals surface area (Å²) in [6.07, 6.45) is 0. The molecule has 0 radical (unpaired) electrons. The van der Waals surface area contributed by atoms with Crippen molar-refractivity contribution in [2.45, 2.75) is 24.0 Å². The van der Waals surface area contributed by atoms with E-state index >= 15 is 0 Å². The molecule has 0 unspecified atom stereocenters. The molecule has 0 N–H and O–H groups in total.